The van der Waals surface area contributed by atoms with Crippen LogP contribution in [0, 0.1) is 6.92 Å². The Morgan fingerprint density at radius 3 is 2.82 bits per heavy atom. The molecule has 0 fully saturated rings. The number of amides is 1. The van der Waals surface area contributed by atoms with Crippen molar-refractivity contribution in [1.82, 2.24) is 19.3 Å². The van der Waals surface area contributed by atoms with Gasteiger partial charge in [0.15, 0.2) is 0 Å². The highest BCUT2D eigenvalue weighted by atomic mass is 16.2. The molecule has 0 aliphatic carbocycles. The molecule has 142 valence electrons. The minimum absolute atomic E-state index is 0.148. The third-order valence-corrected chi connectivity index (χ3v) is 4.73. The summed E-state index contributed by atoms with van der Waals surface area (Å²) >= 11 is 0. The van der Waals surface area contributed by atoms with Crippen LogP contribution in [0.2, 0.25) is 0 Å². The third kappa shape index (κ3) is 3.26. The Balaban J connectivity index is 1.55. The van der Waals surface area contributed by atoms with Gasteiger partial charge in [0.25, 0.3) is 5.56 Å². The van der Waals surface area contributed by atoms with Crippen LogP contribution in [0.4, 0.5) is 5.69 Å². The SMILES string of the molecule is CCCn1c(C)nc2cc(NC(=O)Cn3ncc4ccccc4c3=O)ccc21. The van der Waals surface area contributed by atoms with Crippen LogP contribution in [-0.2, 0) is 17.9 Å². The first kappa shape index (κ1) is 17.9. The predicted octanol–water partition coefficient (Wildman–Crippen LogP) is 3.10. The summed E-state index contributed by atoms with van der Waals surface area (Å²) in [5.41, 5.74) is 2.25. The number of aryl methyl sites for hydroxylation is 2. The lowest BCUT2D eigenvalue weighted by atomic mass is 10.2. The summed E-state index contributed by atoms with van der Waals surface area (Å²) in [6, 6.07) is 12.9. The second-order valence-electron chi connectivity index (χ2n) is 6.76. The number of hydrogen-bond donors (Lipinski definition) is 1. The maximum atomic E-state index is 12.5. The lowest BCUT2D eigenvalue weighted by molar-refractivity contribution is -0.117. The molecule has 0 radical (unpaired) electrons. The Bertz CT molecular complexity index is 1240. The molecule has 2 aromatic heterocycles. The van der Waals surface area contributed by atoms with Crippen molar-refractivity contribution >= 4 is 33.4 Å². The van der Waals surface area contributed by atoms with Crippen molar-refractivity contribution in [3.05, 3.63) is 64.8 Å². The van der Waals surface area contributed by atoms with Gasteiger partial charge in [-0.15, -0.1) is 0 Å². The Morgan fingerprint density at radius 1 is 1.18 bits per heavy atom. The number of anilines is 1. The lowest BCUT2D eigenvalue weighted by Gasteiger charge is -2.08. The van der Waals surface area contributed by atoms with Crippen LogP contribution < -0.4 is 10.9 Å². The molecule has 0 spiro atoms. The molecule has 28 heavy (non-hydrogen) atoms. The van der Waals surface area contributed by atoms with Crippen molar-refractivity contribution in [3.8, 4) is 0 Å². The van der Waals surface area contributed by atoms with Gasteiger partial charge in [0, 0.05) is 17.6 Å². The number of rotatable bonds is 5. The summed E-state index contributed by atoms with van der Waals surface area (Å²) in [6.45, 7) is 4.87. The summed E-state index contributed by atoms with van der Waals surface area (Å²) in [5, 5.41) is 8.23. The van der Waals surface area contributed by atoms with Gasteiger partial charge >= 0.3 is 0 Å². The molecule has 0 unspecified atom stereocenters. The van der Waals surface area contributed by atoms with Crippen LogP contribution in [-0.4, -0.2) is 25.2 Å². The molecule has 1 amide bonds. The topological polar surface area (TPSA) is 81.8 Å². The molecule has 0 atom stereocenters. The highest BCUT2D eigenvalue weighted by Gasteiger charge is 2.11. The molecular weight excluding hydrogens is 354 g/mol. The number of aromatic nitrogens is 4. The number of nitrogens with one attached hydrogen (secondary N) is 1. The fourth-order valence-electron chi connectivity index (χ4n) is 3.41. The van der Waals surface area contributed by atoms with Gasteiger partial charge < -0.3 is 9.88 Å². The predicted molar refractivity (Wildman–Crippen MR) is 109 cm³/mol. The maximum Gasteiger partial charge on any atom is 0.275 e. The van der Waals surface area contributed by atoms with Crippen LogP contribution in [0.25, 0.3) is 21.8 Å². The van der Waals surface area contributed by atoms with E-state index in [4.69, 9.17) is 0 Å². The van der Waals surface area contributed by atoms with Crippen molar-refractivity contribution in [2.24, 2.45) is 0 Å². The van der Waals surface area contributed by atoms with Crippen molar-refractivity contribution < 1.29 is 4.79 Å². The van der Waals surface area contributed by atoms with Gasteiger partial charge in [0.05, 0.1) is 22.6 Å². The zero-order valence-corrected chi connectivity index (χ0v) is 15.8. The van der Waals surface area contributed by atoms with Crippen LogP contribution in [0.1, 0.15) is 19.2 Å². The van der Waals surface area contributed by atoms with Gasteiger partial charge in [-0.25, -0.2) is 9.67 Å². The molecule has 4 rings (SSSR count). The molecule has 7 heteroatoms. The van der Waals surface area contributed by atoms with Gasteiger partial charge in [0.1, 0.15) is 12.4 Å². The van der Waals surface area contributed by atoms with E-state index in [0.717, 1.165) is 35.2 Å². The Hall–Kier alpha value is -3.48. The number of nitrogens with zero attached hydrogens (tertiary/aromatic N) is 4. The number of benzene rings is 2. The van der Waals surface area contributed by atoms with Gasteiger partial charge in [-0.3, -0.25) is 9.59 Å². The molecule has 0 saturated heterocycles. The summed E-state index contributed by atoms with van der Waals surface area (Å²) in [5.74, 6) is 0.640. The average molecular weight is 375 g/mol. The van der Waals surface area contributed by atoms with Crippen LogP contribution in [0.3, 0.4) is 0 Å². The first-order valence-electron chi connectivity index (χ1n) is 9.28. The number of imidazole rings is 1. The van der Waals surface area contributed by atoms with Crippen LogP contribution >= 0.6 is 0 Å². The minimum atomic E-state index is -0.311. The average Bonchev–Trinajstić information content (AvgIpc) is 2.99. The molecule has 1 N–H and O–H groups in total. The minimum Gasteiger partial charge on any atom is -0.328 e. The molecule has 0 saturated carbocycles. The Kier molecular flexibility index (Phi) is 4.65. The first-order chi connectivity index (χ1) is 13.6. The standard InChI is InChI=1S/C21H21N5O2/c1-3-10-25-14(2)23-18-11-16(8-9-19(18)25)24-20(27)13-26-21(28)17-7-5-4-6-15(17)12-22-26/h4-9,11-12H,3,10,13H2,1-2H3,(H,24,27). The van der Waals surface area contributed by atoms with E-state index < -0.39 is 0 Å². The molecule has 0 aliphatic heterocycles. The molecule has 0 bridgehead atoms. The largest absolute Gasteiger partial charge is 0.328 e. The monoisotopic (exact) mass is 375 g/mol. The van der Waals surface area contributed by atoms with Crippen LogP contribution in [0.5, 0.6) is 0 Å². The Morgan fingerprint density at radius 2 is 2.00 bits per heavy atom. The van der Waals surface area contributed by atoms with E-state index in [9.17, 15) is 9.59 Å². The van der Waals surface area contributed by atoms with E-state index in [-0.39, 0.29) is 18.0 Å². The van der Waals surface area contributed by atoms with E-state index in [1.54, 1.807) is 18.3 Å². The summed E-state index contributed by atoms with van der Waals surface area (Å²) in [6.07, 6.45) is 2.62. The van der Waals surface area contributed by atoms with Crippen LogP contribution in [0.15, 0.2) is 53.5 Å². The number of fused-ring (bicyclic) bond motifs is 2. The van der Waals surface area contributed by atoms with Crippen molar-refractivity contribution in [3.63, 3.8) is 0 Å². The second kappa shape index (κ2) is 7.26. The van der Waals surface area contributed by atoms with E-state index in [0.29, 0.717) is 11.1 Å². The Labute approximate surface area is 161 Å². The zero-order valence-electron chi connectivity index (χ0n) is 15.8. The van der Waals surface area contributed by atoms with E-state index in [2.05, 4.69) is 26.9 Å². The molecule has 7 nitrogen and oxygen atoms in total. The normalized spacial score (nSPS) is 11.2. The molecule has 0 aliphatic rings. The fraction of sp³-hybridized carbons (Fsp3) is 0.238. The lowest BCUT2D eigenvalue weighted by Crippen LogP contribution is -2.29. The smallest absolute Gasteiger partial charge is 0.275 e. The number of carbonyl (C=O) groups is 1. The zero-order chi connectivity index (χ0) is 19.7. The number of hydrogen-bond acceptors (Lipinski definition) is 4. The molecular formula is C21H21N5O2. The van der Waals surface area contributed by atoms with Crippen molar-refractivity contribution in [1.29, 1.82) is 0 Å². The van der Waals surface area contributed by atoms with Gasteiger partial charge in [-0.05, 0) is 37.6 Å². The first-order valence-corrected chi connectivity index (χ1v) is 9.28. The fourth-order valence-corrected chi connectivity index (χ4v) is 3.41. The van der Waals surface area contributed by atoms with Gasteiger partial charge in [0.2, 0.25) is 5.91 Å². The van der Waals surface area contributed by atoms with Crippen molar-refractivity contribution in [2.45, 2.75) is 33.4 Å². The van der Waals surface area contributed by atoms with E-state index in [1.807, 2.05) is 37.3 Å². The third-order valence-electron chi connectivity index (χ3n) is 4.73. The molecule has 2 heterocycles. The highest BCUT2D eigenvalue weighted by Crippen LogP contribution is 2.21. The summed E-state index contributed by atoms with van der Waals surface area (Å²) < 4.78 is 3.34. The summed E-state index contributed by atoms with van der Waals surface area (Å²) in [7, 11) is 0. The number of carbonyl (C=O) groups excluding carboxylic acids is 1. The second-order valence-corrected chi connectivity index (χ2v) is 6.76. The van der Waals surface area contributed by atoms with Crippen molar-refractivity contribution in [2.75, 3.05) is 5.32 Å². The van der Waals surface area contributed by atoms with E-state index >= 15 is 0 Å². The summed E-state index contributed by atoms with van der Waals surface area (Å²) in [4.78, 5) is 29.5. The van der Waals surface area contributed by atoms with Gasteiger partial charge in [-0.1, -0.05) is 25.1 Å². The maximum absolute atomic E-state index is 12.5. The quantitative estimate of drug-likeness (QED) is 0.581. The van der Waals surface area contributed by atoms with E-state index in [1.165, 1.54) is 4.68 Å². The van der Waals surface area contributed by atoms with Gasteiger partial charge in [-0.2, -0.15) is 5.10 Å². The molecule has 4 aromatic rings. The highest BCUT2D eigenvalue weighted by molar-refractivity contribution is 5.93. The molecule has 2 aromatic carbocycles.